The summed E-state index contributed by atoms with van der Waals surface area (Å²) in [4.78, 5) is 23.5. The van der Waals surface area contributed by atoms with Crippen molar-refractivity contribution >= 4 is 23.5 Å². The van der Waals surface area contributed by atoms with E-state index < -0.39 is 0 Å². The lowest BCUT2D eigenvalue weighted by molar-refractivity contribution is -0.118. The van der Waals surface area contributed by atoms with Crippen LogP contribution in [-0.4, -0.2) is 38.8 Å². The van der Waals surface area contributed by atoms with E-state index in [1.807, 2.05) is 22.8 Å². The lowest BCUT2D eigenvalue weighted by Crippen LogP contribution is -2.21. The van der Waals surface area contributed by atoms with E-state index >= 15 is 0 Å². The van der Waals surface area contributed by atoms with Crippen LogP contribution < -0.4 is 5.32 Å². The molecule has 0 bridgehead atoms. The van der Waals surface area contributed by atoms with Crippen molar-refractivity contribution in [2.75, 3.05) is 12.3 Å². The smallest absolute Gasteiger partial charge is 0.216 e. The summed E-state index contributed by atoms with van der Waals surface area (Å²) in [7, 11) is 0. The fourth-order valence-corrected chi connectivity index (χ4v) is 3.62. The zero-order chi connectivity index (χ0) is 20.6. The van der Waals surface area contributed by atoms with Crippen molar-refractivity contribution in [3.63, 3.8) is 0 Å². The third kappa shape index (κ3) is 5.74. The standard InChI is InChI=1S/C21H21FN4O2S/c1-15(27)23-13-5-8-20-24-25-21(26(20)18-11-9-17(22)10-12-18)29-14-19(28)16-6-3-2-4-7-16/h2-4,6-7,9-12H,5,8,13-14H2,1H3,(H,23,27). The Bertz CT molecular complexity index is 974. The number of hydrogen-bond acceptors (Lipinski definition) is 5. The van der Waals surface area contributed by atoms with Gasteiger partial charge in [-0.05, 0) is 30.7 Å². The van der Waals surface area contributed by atoms with Gasteiger partial charge in [-0.15, -0.1) is 10.2 Å². The molecule has 3 rings (SSSR count). The molecule has 29 heavy (non-hydrogen) atoms. The summed E-state index contributed by atoms with van der Waals surface area (Å²) in [5.41, 5.74) is 1.36. The Hall–Kier alpha value is -3.00. The molecule has 0 fully saturated rings. The maximum absolute atomic E-state index is 13.4. The number of carbonyl (C=O) groups excluding carboxylic acids is 2. The Labute approximate surface area is 172 Å². The Morgan fingerprint density at radius 1 is 1.07 bits per heavy atom. The quantitative estimate of drug-likeness (QED) is 0.331. The zero-order valence-corrected chi connectivity index (χ0v) is 16.8. The molecule has 0 saturated carbocycles. The maximum Gasteiger partial charge on any atom is 0.216 e. The second kappa shape index (κ2) is 9.97. The van der Waals surface area contributed by atoms with Crippen LogP contribution in [0, 0.1) is 5.82 Å². The van der Waals surface area contributed by atoms with Crippen LogP contribution in [0.4, 0.5) is 4.39 Å². The monoisotopic (exact) mass is 412 g/mol. The normalized spacial score (nSPS) is 10.7. The highest BCUT2D eigenvalue weighted by Gasteiger charge is 2.16. The van der Waals surface area contributed by atoms with Crippen LogP contribution in [0.3, 0.4) is 0 Å². The van der Waals surface area contributed by atoms with E-state index in [4.69, 9.17) is 0 Å². The predicted molar refractivity (Wildman–Crippen MR) is 110 cm³/mol. The summed E-state index contributed by atoms with van der Waals surface area (Å²) >= 11 is 1.29. The minimum Gasteiger partial charge on any atom is -0.356 e. The fourth-order valence-electron chi connectivity index (χ4n) is 2.75. The fraction of sp³-hybridized carbons (Fsp3) is 0.238. The van der Waals surface area contributed by atoms with Crippen LogP contribution in [0.15, 0.2) is 59.8 Å². The molecule has 8 heteroatoms. The highest BCUT2D eigenvalue weighted by molar-refractivity contribution is 7.99. The Morgan fingerprint density at radius 3 is 2.48 bits per heavy atom. The van der Waals surface area contributed by atoms with E-state index in [1.54, 1.807) is 24.3 Å². The second-order valence-electron chi connectivity index (χ2n) is 6.38. The van der Waals surface area contributed by atoms with Gasteiger partial charge in [-0.25, -0.2) is 4.39 Å². The molecule has 0 radical (unpaired) electrons. The van der Waals surface area contributed by atoms with E-state index in [0.717, 1.165) is 5.69 Å². The number of nitrogens with zero attached hydrogens (tertiary/aromatic N) is 3. The molecule has 0 aliphatic heterocycles. The Balaban J connectivity index is 1.77. The lowest BCUT2D eigenvalue weighted by atomic mass is 10.2. The van der Waals surface area contributed by atoms with E-state index in [-0.39, 0.29) is 23.3 Å². The van der Waals surface area contributed by atoms with Gasteiger partial charge in [-0.2, -0.15) is 0 Å². The zero-order valence-electron chi connectivity index (χ0n) is 16.0. The van der Waals surface area contributed by atoms with Gasteiger partial charge in [-0.1, -0.05) is 42.1 Å². The molecule has 1 aromatic heterocycles. The van der Waals surface area contributed by atoms with Gasteiger partial charge in [0, 0.05) is 31.1 Å². The Morgan fingerprint density at radius 2 is 1.79 bits per heavy atom. The van der Waals surface area contributed by atoms with Crippen LogP contribution in [0.5, 0.6) is 0 Å². The largest absolute Gasteiger partial charge is 0.356 e. The molecule has 0 spiro atoms. The number of hydrogen-bond donors (Lipinski definition) is 1. The van der Waals surface area contributed by atoms with E-state index in [2.05, 4.69) is 15.5 Å². The van der Waals surface area contributed by atoms with Crippen molar-refractivity contribution in [3.05, 3.63) is 71.8 Å². The number of nitrogens with one attached hydrogen (secondary N) is 1. The van der Waals surface area contributed by atoms with Crippen molar-refractivity contribution in [1.82, 2.24) is 20.1 Å². The first kappa shape index (κ1) is 20.7. The SMILES string of the molecule is CC(=O)NCCCc1nnc(SCC(=O)c2ccccc2)n1-c1ccc(F)cc1. The van der Waals surface area contributed by atoms with Crippen LogP contribution in [0.25, 0.3) is 5.69 Å². The summed E-state index contributed by atoms with van der Waals surface area (Å²) < 4.78 is 15.2. The van der Waals surface area contributed by atoms with Gasteiger partial charge in [-0.3, -0.25) is 14.2 Å². The van der Waals surface area contributed by atoms with Gasteiger partial charge in [0.2, 0.25) is 5.91 Å². The molecule has 2 aromatic carbocycles. The van der Waals surface area contributed by atoms with Crippen LogP contribution in [0.2, 0.25) is 0 Å². The maximum atomic E-state index is 13.4. The molecular formula is C21H21FN4O2S. The van der Waals surface area contributed by atoms with Gasteiger partial charge in [0.05, 0.1) is 5.75 Å². The summed E-state index contributed by atoms with van der Waals surface area (Å²) in [6, 6.07) is 15.1. The van der Waals surface area contributed by atoms with Gasteiger partial charge in [0.1, 0.15) is 11.6 Å². The predicted octanol–water partition coefficient (Wildman–Crippen LogP) is 3.45. The number of rotatable bonds is 9. The third-order valence-corrected chi connectivity index (χ3v) is 5.09. The average molecular weight is 412 g/mol. The van der Waals surface area contributed by atoms with Crippen molar-refractivity contribution in [3.8, 4) is 5.69 Å². The molecule has 0 aliphatic rings. The highest BCUT2D eigenvalue weighted by atomic mass is 32.2. The Kier molecular flexibility index (Phi) is 7.13. The molecule has 0 aliphatic carbocycles. The molecule has 0 saturated heterocycles. The van der Waals surface area contributed by atoms with E-state index in [1.165, 1.54) is 30.8 Å². The number of amides is 1. The molecule has 3 aromatic rings. The lowest BCUT2D eigenvalue weighted by Gasteiger charge is -2.10. The molecule has 6 nitrogen and oxygen atoms in total. The van der Waals surface area contributed by atoms with E-state index in [9.17, 15) is 14.0 Å². The molecule has 1 heterocycles. The molecule has 1 amide bonds. The molecule has 150 valence electrons. The molecular weight excluding hydrogens is 391 g/mol. The number of aryl methyl sites for hydroxylation is 1. The van der Waals surface area contributed by atoms with Crippen LogP contribution in [-0.2, 0) is 11.2 Å². The highest BCUT2D eigenvalue weighted by Crippen LogP contribution is 2.24. The molecule has 0 unspecified atom stereocenters. The van der Waals surface area contributed by atoms with Crippen molar-refractivity contribution in [1.29, 1.82) is 0 Å². The van der Waals surface area contributed by atoms with Crippen molar-refractivity contribution in [2.24, 2.45) is 0 Å². The number of thioether (sulfide) groups is 1. The van der Waals surface area contributed by atoms with Crippen molar-refractivity contribution < 1.29 is 14.0 Å². The number of carbonyl (C=O) groups is 2. The number of ketones is 1. The summed E-state index contributed by atoms with van der Waals surface area (Å²) in [6.45, 7) is 2.00. The summed E-state index contributed by atoms with van der Waals surface area (Å²) in [5.74, 6) is 0.492. The number of Topliss-reactive ketones (excluding diaryl/α,β-unsaturated/α-hetero) is 1. The minimum atomic E-state index is -0.331. The second-order valence-corrected chi connectivity index (χ2v) is 7.32. The topological polar surface area (TPSA) is 76.9 Å². The van der Waals surface area contributed by atoms with Gasteiger partial charge < -0.3 is 5.32 Å². The number of benzene rings is 2. The van der Waals surface area contributed by atoms with Crippen LogP contribution >= 0.6 is 11.8 Å². The van der Waals surface area contributed by atoms with Gasteiger partial charge in [0.15, 0.2) is 10.9 Å². The van der Waals surface area contributed by atoms with E-state index in [0.29, 0.717) is 35.9 Å². The average Bonchev–Trinajstić information content (AvgIpc) is 3.13. The first-order chi connectivity index (χ1) is 14.0. The first-order valence-electron chi connectivity index (χ1n) is 9.20. The number of aromatic nitrogens is 3. The molecule has 1 N–H and O–H groups in total. The number of halogens is 1. The molecule has 0 atom stereocenters. The van der Waals surface area contributed by atoms with Gasteiger partial charge >= 0.3 is 0 Å². The van der Waals surface area contributed by atoms with Gasteiger partial charge in [0.25, 0.3) is 0 Å². The third-order valence-electron chi connectivity index (χ3n) is 4.16. The van der Waals surface area contributed by atoms with Crippen molar-refractivity contribution in [2.45, 2.75) is 24.9 Å². The summed E-state index contributed by atoms with van der Waals surface area (Å²) in [6.07, 6.45) is 1.27. The first-order valence-corrected chi connectivity index (χ1v) is 10.2. The minimum absolute atomic E-state index is 0.00327. The van der Waals surface area contributed by atoms with Crippen LogP contribution in [0.1, 0.15) is 29.5 Å². The summed E-state index contributed by atoms with van der Waals surface area (Å²) in [5, 5.41) is 11.8.